The molecule has 2 fully saturated rings. The Hall–Kier alpha value is -4.65. The maximum absolute atomic E-state index is 14.1. The van der Waals surface area contributed by atoms with Crippen molar-refractivity contribution in [3.63, 3.8) is 0 Å². The maximum Gasteiger partial charge on any atom is 0.418 e. The molecular weight excluding hydrogens is 551 g/mol. The number of anilines is 2. The van der Waals surface area contributed by atoms with Crippen molar-refractivity contribution >= 4 is 34.2 Å². The van der Waals surface area contributed by atoms with E-state index in [1.165, 1.54) is 35.3 Å². The Labute approximate surface area is 238 Å². The highest BCUT2D eigenvalue weighted by atomic mass is 19.4. The van der Waals surface area contributed by atoms with Crippen LogP contribution in [-0.4, -0.2) is 63.6 Å². The standard InChI is InChI=1S/C29H28F3N7O3/c30-29(31,32)23-14-19(1-5-25(23)38-11-9-37(10-12-38)21-2-3-21)36-28(41)39-8-7-18-13-22(4-6-24(18)39)42-27-16-20(15-26(33)40)34-17-35-27/h1,4-8,13-14,16-17,21H,2-3,9-12,15H2,(H2,33,40)(H,36,41). The van der Waals surface area contributed by atoms with E-state index in [2.05, 4.69) is 20.2 Å². The fraction of sp³-hybridized carbons (Fsp3) is 0.310. The van der Waals surface area contributed by atoms with E-state index in [0.29, 0.717) is 41.5 Å². The first-order chi connectivity index (χ1) is 20.1. The van der Waals surface area contributed by atoms with Crippen LogP contribution in [0.4, 0.5) is 29.3 Å². The number of alkyl halides is 3. The molecule has 13 heteroatoms. The molecular formula is C29H28F3N7O3. The molecule has 1 saturated heterocycles. The third kappa shape index (κ3) is 6.00. The van der Waals surface area contributed by atoms with Gasteiger partial charge in [0.15, 0.2) is 0 Å². The molecule has 3 heterocycles. The van der Waals surface area contributed by atoms with Gasteiger partial charge in [-0.2, -0.15) is 13.2 Å². The quantitative estimate of drug-likeness (QED) is 0.328. The molecule has 4 aromatic rings. The molecule has 0 bridgehead atoms. The van der Waals surface area contributed by atoms with Gasteiger partial charge in [0, 0.05) is 61.2 Å². The van der Waals surface area contributed by atoms with Crippen molar-refractivity contribution in [2.75, 3.05) is 36.4 Å². The highest BCUT2D eigenvalue weighted by Crippen LogP contribution is 2.39. The van der Waals surface area contributed by atoms with Crippen LogP contribution in [0.2, 0.25) is 0 Å². The van der Waals surface area contributed by atoms with Crippen LogP contribution in [-0.2, 0) is 17.4 Å². The molecule has 0 spiro atoms. The monoisotopic (exact) mass is 579 g/mol. The zero-order valence-electron chi connectivity index (χ0n) is 22.5. The van der Waals surface area contributed by atoms with Crippen molar-refractivity contribution in [2.24, 2.45) is 5.73 Å². The van der Waals surface area contributed by atoms with Crippen molar-refractivity contribution < 1.29 is 27.5 Å². The number of carbonyl (C=O) groups is 2. The largest absolute Gasteiger partial charge is 0.439 e. The average molecular weight is 580 g/mol. The second-order valence-electron chi connectivity index (χ2n) is 10.4. The van der Waals surface area contributed by atoms with E-state index in [1.807, 2.05) is 0 Å². The van der Waals surface area contributed by atoms with Gasteiger partial charge in [0.1, 0.15) is 12.1 Å². The number of rotatable bonds is 7. The van der Waals surface area contributed by atoms with Crippen LogP contribution in [0, 0.1) is 0 Å². The number of halogens is 3. The minimum atomic E-state index is -4.58. The average Bonchev–Trinajstić information content (AvgIpc) is 3.71. The molecule has 1 aliphatic heterocycles. The van der Waals surface area contributed by atoms with Crippen LogP contribution in [0.3, 0.4) is 0 Å². The molecule has 2 amide bonds. The van der Waals surface area contributed by atoms with Gasteiger partial charge >= 0.3 is 12.2 Å². The smallest absolute Gasteiger partial charge is 0.418 e. The summed E-state index contributed by atoms with van der Waals surface area (Å²) in [5.74, 6) is 0.104. The number of piperazine rings is 1. The van der Waals surface area contributed by atoms with E-state index >= 15 is 0 Å². The lowest BCUT2D eigenvalue weighted by Gasteiger charge is -2.37. The molecule has 10 nitrogen and oxygen atoms in total. The maximum atomic E-state index is 14.1. The van der Waals surface area contributed by atoms with Crippen LogP contribution in [0.15, 0.2) is 61.1 Å². The van der Waals surface area contributed by atoms with E-state index in [0.717, 1.165) is 32.0 Å². The van der Waals surface area contributed by atoms with Crippen molar-refractivity contribution in [1.29, 1.82) is 0 Å². The Kier molecular flexibility index (Phi) is 7.19. The number of hydrogen-bond donors (Lipinski definition) is 2. The number of ether oxygens (including phenoxy) is 1. The Morgan fingerprint density at radius 3 is 2.50 bits per heavy atom. The van der Waals surface area contributed by atoms with E-state index in [4.69, 9.17) is 10.5 Å². The van der Waals surface area contributed by atoms with Crippen LogP contribution in [0.25, 0.3) is 10.9 Å². The molecule has 42 heavy (non-hydrogen) atoms. The molecule has 6 rings (SSSR count). The molecule has 1 aliphatic carbocycles. The molecule has 0 atom stereocenters. The van der Waals surface area contributed by atoms with Crippen LogP contribution in [0.5, 0.6) is 11.6 Å². The number of amides is 2. The van der Waals surface area contributed by atoms with Crippen LogP contribution >= 0.6 is 0 Å². The van der Waals surface area contributed by atoms with Gasteiger partial charge in [0.2, 0.25) is 11.8 Å². The van der Waals surface area contributed by atoms with Crippen LogP contribution in [0.1, 0.15) is 24.1 Å². The molecule has 0 radical (unpaired) electrons. The summed E-state index contributed by atoms with van der Waals surface area (Å²) < 4.78 is 49.4. The molecule has 2 aromatic heterocycles. The van der Waals surface area contributed by atoms with Gasteiger partial charge in [0.25, 0.3) is 0 Å². The highest BCUT2D eigenvalue weighted by Gasteiger charge is 2.37. The summed E-state index contributed by atoms with van der Waals surface area (Å²) in [7, 11) is 0. The number of nitrogens with two attached hydrogens (primary N) is 1. The van der Waals surface area contributed by atoms with E-state index in [1.54, 1.807) is 29.2 Å². The molecule has 1 saturated carbocycles. The van der Waals surface area contributed by atoms with E-state index in [9.17, 15) is 22.8 Å². The SMILES string of the molecule is NC(=O)Cc1cc(Oc2ccc3c(ccn3C(=O)Nc3ccc(N4CCN(C5CC5)CC4)c(C(F)(F)F)c3)c2)ncn1. The molecule has 2 aromatic carbocycles. The summed E-state index contributed by atoms with van der Waals surface area (Å²) in [6.45, 7) is 2.53. The fourth-order valence-electron chi connectivity index (χ4n) is 5.26. The predicted molar refractivity (Wildman–Crippen MR) is 150 cm³/mol. The van der Waals surface area contributed by atoms with Crippen LogP contribution < -0.4 is 20.7 Å². The van der Waals surface area contributed by atoms with Gasteiger partial charge in [-0.15, -0.1) is 0 Å². The topological polar surface area (TPSA) is 119 Å². The Balaban J connectivity index is 1.17. The Morgan fingerprint density at radius 2 is 1.79 bits per heavy atom. The van der Waals surface area contributed by atoms with Gasteiger partial charge in [-0.25, -0.2) is 14.8 Å². The van der Waals surface area contributed by atoms with Gasteiger partial charge in [-0.3, -0.25) is 14.3 Å². The number of benzene rings is 2. The van der Waals surface area contributed by atoms with Gasteiger partial charge in [0.05, 0.1) is 23.2 Å². The molecule has 0 unspecified atom stereocenters. The number of primary amides is 1. The summed E-state index contributed by atoms with van der Waals surface area (Å²) in [5, 5.41) is 3.26. The number of nitrogens with one attached hydrogen (secondary N) is 1. The summed E-state index contributed by atoms with van der Waals surface area (Å²) in [6, 6.07) is 12.1. The first-order valence-electron chi connectivity index (χ1n) is 13.5. The zero-order chi connectivity index (χ0) is 29.4. The lowest BCUT2D eigenvalue weighted by Crippen LogP contribution is -2.47. The van der Waals surface area contributed by atoms with E-state index in [-0.39, 0.29) is 23.7 Å². The number of aromatic nitrogens is 3. The number of fused-ring (bicyclic) bond motifs is 1. The lowest BCUT2D eigenvalue weighted by molar-refractivity contribution is -0.137. The van der Waals surface area contributed by atoms with Crippen molar-refractivity contribution in [2.45, 2.75) is 31.5 Å². The highest BCUT2D eigenvalue weighted by molar-refractivity contribution is 5.99. The first kappa shape index (κ1) is 27.5. The van der Waals surface area contributed by atoms with Gasteiger partial charge < -0.3 is 20.7 Å². The second kappa shape index (κ2) is 11.0. The van der Waals surface area contributed by atoms with Crippen molar-refractivity contribution in [3.8, 4) is 11.6 Å². The van der Waals surface area contributed by atoms with E-state index < -0.39 is 23.7 Å². The van der Waals surface area contributed by atoms with Gasteiger partial charge in [-0.05, 0) is 55.3 Å². The third-order valence-electron chi connectivity index (χ3n) is 7.43. The summed E-state index contributed by atoms with van der Waals surface area (Å²) >= 11 is 0. The number of hydrogen-bond acceptors (Lipinski definition) is 7. The normalized spacial score (nSPS) is 16.0. The second-order valence-corrected chi connectivity index (χ2v) is 10.4. The third-order valence-corrected chi connectivity index (χ3v) is 7.43. The molecule has 3 N–H and O–H groups in total. The van der Waals surface area contributed by atoms with Crippen molar-refractivity contribution in [3.05, 3.63) is 72.3 Å². The first-order valence-corrected chi connectivity index (χ1v) is 13.5. The Morgan fingerprint density at radius 1 is 1.00 bits per heavy atom. The molecule has 2 aliphatic rings. The minimum absolute atomic E-state index is 0.0463. The number of nitrogens with zero attached hydrogens (tertiary/aromatic N) is 5. The summed E-state index contributed by atoms with van der Waals surface area (Å²) in [4.78, 5) is 36.4. The summed E-state index contributed by atoms with van der Waals surface area (Å²) in [5.41, 5.74) is 5.55. The predicted octanol–water partition coefficient (Wildman–Crippen LogP) is 4.63. The van der Waals surface area contributed by atoms with Crippen molar-refractivity contribution in [1.82, 2.24) is 19.4 Å². The zero-order valence-corrected chi connectivity index (χ0v) is 22.5. The minimum Gasteiger partial charge on any atom is -0.439 e. The lowest BCUT2D eigenvalue weighted by atomic mass is 10.1. The summed E-state index contributed by atoms with van der Waals surface area (Å²) in [6.07, 6.45) is 0.482. The number of carbonyl (C=O) groups excluding carboxylic acids is 2. The Bertz CT molecular complexity index is 1640. The van der Waals surface area contributed by atoms with Gasteiger partial charge in [-0.1, -0.05) is 0 Å². The fourth-order valence-corrected chi connectivity index (χ4v) is 5.26. The molecule has 218 valence electrons.